The summed E-state index contributed by atoms with van der Waals surface area (Å²) >= 11 is 0. The van der Waals surface area contributed by atoms with Crippen LogP contribution in [-0.4, -0.2) is 114 Å². The lowest BCUT2D eigenvalue weighted by Crippen LogP contribution is -2.58. The van der Waals surface area contributed by atoms with E-state index < -0.39 is 59.6 Å². The second-order valence-corrected chi connectivity index (χ2v) is 16.1. The fourth-order valence-corrected chi connectivity index (χ4v) is 6.54. The molecule has 1 aliphatic heterocycles. The number of hydrazine groups is 1. The van der Waals surface area contributed by atoms with Gasteiger partial charge in [0, 0.05) is 39.9 Å². The summed E-state index contributed by atoms with van der Waals surface area (Å²) in [5.74, 6) is -3.38. The van der Waals surface area contributed by atoms with Gasteiger partial charge < -0.3 is 36.8 Å². The van der Waals surface area contributed by atoms with E-state index in [-0.39, 0.29) is 61.9 Å². The molecule has 8 N–H and O–H groups in total. The maximum atomic E-state index is 14.1. The van der Waals surface area contributed by atoms with Gasteiger partial charge in [-0.3, -0.25) is 49.2 Å². The van der Waals surface area contributed by atoms with Crippen LogP contribution in [0.5, 0.6) is 0 Å². The highest BCUT2D eigenvalue weighted by molar-refractivity contribution is 5.95. The van der Waals surface area contributed by atoms with Gasteiger partial charge in [0.25, 0.3) is 5.91 Å². The molecule has 56 heavy (non-hydrogen) atoms. The molecule has 0 unspecified atom stereocenters. The predicted molar refractivity (Wildman–Crippen MR) is 213 cm³/mol. The summed E-state index contributed by atoms with van der Waals surface area (Å²) in [7, 11) is 0. The van der Waals surface area contributed by atoms with Crippen LogP contribution in [0.3, 0.4) is 0 Å². The first-order valence-electron chi connectivity index (χ1n) is 20.3. The Kier molecular flexibility index (Phi) is 23.6. The Morgan fingerprint density at radius 2 is 1.30 bits per heavy atom. The highest BCUT2D eigenvalue weighted by atomic mass is 16.2. The quantitative estimate of drug-likeness (QED) is 0.0515. The number of nitrogens with zero attached hydrogens (tertiary/aromatic N) is 2. The molecule has 4 atom stereocenters. The number of nitrogens with one attached hydrogen (secondary N) is 6. The first-order valence-corrected chi connectivity index (χ1v) is 20.3. The summed E-state index contributed by atoms with van der Waals surface area (Å²) < 4.78 is 0. The number of hydrogen-bond donors (Lipinski definition) is 7. The molecule has 8 amide bonds. The summed E-state index contributed by atoms with van der Waals surface area (Å²) in [4.78, 5) is 106. The minimum Gasteiger partial charge on any atom is -0.356 e. The normalized spacial score (nSPS) is 15.5. The SMILES string of the molecule is CC(=O)NCCCCCC(=O)NNC(=O)[C@H](CC(C)C)NC(=O)[C@H](CC(C)C)NC(=O)CN(CCCCN)C(=O)[C@H](CC(C)C)NC(=O)[C@@H]1CCCN1C(C)=O. The standard InChI is InChI=1S/C39H71N9O8/c1-25(2)21-30(36(53)43-31(22-26(3)4)37(54)46-45-34(51)16-10-9-12-18-41-28(7)49)42-35(52)24-47(19-13-11-17-40)39(56)32(23-27(5)6)44-38(55)33-15-14-20-48(33)29(8)50/h25-27,30-33H,9-24,40H2,1-8H3,(H,41,49)(H,42,52)(H,43,53)(H,44,55)(H,45,51)(H,46,54)/t30-,31-,32-,33-/m0/s1. The maximum Gasteiger partial charge on any atom is 0.260 e. The zero-order valence-corrected chi connectivity index (χ0v) is 35.1. The number of likely N-dealkylation sites (tertiary alicyclic amines) is 1. The van der Waals surface area contributed by atoms with Crippen molar-refractivity contribution in [1.82, 2.24) is 41.9 Å². The fourth-order valence-electron chi connectivity index (χ4n) is 6.54. The van der Waals surface area contributed by atoms with Crippen LogP contribution in [0.2, 0.25) is 0 Å². The summed E-state index contributed by atoms with van der Waals surface area (Å²) in [6.07, 6.45) is 5.26. The molecule has 0 spiro atoms. The molecule has 0 aliphatic carbocycles. The summed E-state index contributed by atoms with van der Waals surface area (Å²) in [6.45, 7) is 15.4. The molecule has 0 bridgehead atoms. The molecule has 1 saturated heterocycles. The lowest BCUT2D eigenvalue weighted by Gasteiger charge is -2.31. The van der Waals surface area contributed by atoms with Gasteiger partial charge in [-0.05, 0) is 82.1 Å². The molecule has 0 saturated carbocycles. The number of amides is 8. The summed E-state index contributed by atoms with van der Waals surface area (Å²) in [6, 6.07) is -3.66. The maximum absolute atomic E-state index is 14.1. The Labute approximate surface area is 333 Å². The van der Waals surface area contributed by atoms with Gasteiger partial charge in [-0.25, -0.2) is 0 Å². The zero-order valence-electron chi connectivity index (χ0n) is 35.1. The van der Waals surface area contributed by atoms with Gasteiger partial charge in [0.1, 0.15) is 24.2 Å². The van der Waals surface area contributed by atoms with E-state index in [1.165, 1.54) is 23.6 Å². The first-order chi connectivity index (χ1) is 26.4. The largest absolute Gasteiger partial charge is 0.356 e. The Hall–Kier alpha value is -4.28. The highest BCUT2D eigenvalue weighted by Gasteiger charge is 2.36. The van der Waals surface area contributed by atoms with Crippen LogP contribution >= 0.6 is 0 Å². The van der Waals surface area contributed by atoms with Crippen molar-refractivity contribution in [2.24, 2.45) is 23.5 Å². The minimum atomic E-state index is -1.04. The van der Waals surface area contributed by atoms with Crippen molar-refractivity contribution in [2.75, 3.05) is 32.7 Å². The molecule has 0 aromatic carbocycles. The van der Waals surface area contributed by atoms with Gasteiger partial charge >= 0.3 is 0 Å². The molecule has 0 aromatic heterocycles. The Morgan fingerprint density at radius 1 is 0.696 bits per heavy atom. The third-order valence-electron chi connectivity index (χ3n) is 9.29. The fraction of sp³-hybridized carbons (Fsp3) is 0.795. The van der Waals surface area contributed by atoms with E-state index in [4.69, 9.17) is 5.73 Å². The number of carbonyl (C=O) groups is 8. The van der Waals surface area contributed by atoms with E-state index in [1.54, 1.807) is 0 Å². The molecule has 1 rings (SSSR count). The molecule has 1 fully saturated rings. The van der Waals surface area contributed by atoms with Gasteiger partial charge in [0.2, 0.25) is 41.4 Å². The van der Waals surface area contributed by atoms with Gasteiger partial charge in [0.05, 0.1) is 6.54 Å². The third-order valence-corrected chi connectivity index (χ3v) is 9.29. The second-order valence-electron chi connectivity index (χ2n) is 16.1. The highest BCUT2D eigenvalue weighted by Crippen LogP contribution is 2.19. The lowest BCUT2D eigenvalue weighted by molar-refractivity contribution is -0.142. The molecular formula is C39H71N9O8. The van der Waals surface area contributed by atoms with E-state index >= 15 is 0 Å². The number of unbranched alkanes of at least 4 members (excludes halogenated alkanes) is 3. The zero-order chi connectivity index (χ0) is 42.4. The Bertz CT molecular complexity index is 1310. The summed E-state index contributed by atoms with van der Waals surface area (Å²) in [5, 5.41) is 11.1. The van der Waals surface area contributed by atoms with Gasteiger partial charge in [-0.1, -0.05) is 48.0 Å². The Morgan fingerprint density at radius 3 is 1.88 bits per heavy atom. The van der Waals surface area contributed by atoms with Crippen molar-refractivity contribution in [2.45, 2.75) is 150 Å². The number of hydrogen-bond acceptors (Lipinski definition) is 9. The molecular weight excluding hydrogens is 722 g/mol. The van der Waals surface area contributed by atoms with E-state index in [2.05, 4.69) is 32.1 Å². The molecule has 320 valence electrons. The molecule has 1 aliphatic rings. The second kappa shape index (κ2) is 26.6. The monoisotopic (exact) mass is 794 g/mol. The molecule has 0 aromatic rings. The molecule has 17 heteroatoms. The van der Waals surface area contributed by atoms with Crippen molar-refractivity contribution >= 4 is 47.3 Å². The van der Waals surface area contributed by atoms with E-state index in [0.29, 0.717) is 64.6 Å². The van der Waals surface area contributed by atoms with Gasteiger partial charge in [-0.15, -0.1) is 0 Å². The van der Waals surface area contributed by atoms with Crippen LogP contribution in [0.1, 0.15) is 126 Å². The van der Waals surface area contributed by atoms with E-state index in [1.807, 2.05) is 41.5 Å². The molecule has 0 radical (unpaired) electrons. The van der Waals surface area contributed by atoms with Crippen molar-refractivity contribution < 1.29 is 38.4 Å². The molecule has 1 heterocycles. The number of rotatable bonds is 25. The molecule has 17 nitrogen and oxygen atoms in total. The minimum absolute atomic E-state index is 0.00456. The Balaban J connectivity index is 3.06. The third kappa shape index (κ3) is 20.1. The van der Waals surface area contributed by atoms with E-state index in [9.17, 15) is 38.4 Å². The summed E-state index contributed by atoms with van der Waals surface area (Å²) in [5.41, 5.74) is 10.5. The predicted octanol–water partition coefficient (Wildman–Crippen LogP) is 1.00. The lowest BCUT2D eigenvalue weighted by atomic mass is 10.00. The van der Waals surface area contributed by atoms with Gasteiger partial charge in [-0.2, -0.15) is 0 Å². The van der Waals surface area contributed by atoms with Crippen LogP contribution in [0.15, 0.2) is 0 Å². The van der Waals surface area contributed by atoms with Crippen LogP contribution in [-0.2, 0) is 38.4 Å². The van der Waals surface area contributed by atoms with Crippen LogP contribution in [0.4, 0.5) is 0 Å². The number of carbonyl (C=O) groups excluding carboxylic acids is 8. The first kappa shape index (κ1) is 49.7. The average molecular weight is 794 g/mol. The average Bonchev–Trinajstić information content (AvgIpc) is 3.61. The van der Waals surface area contributed by atoms with Crippen LogP contribution < -0.4 is 37.9 Å². The van der Waals surface area contributed by atoms with Crippen molar-refractivity contribution in [3.63, 3.8) is 0 Å². The van der Waals surface area contributed by atoms with Gasteiger partial charge in [0.15, 0.2) is 0 Å². The van der Waals surface area contributed by atoms with Crippen LogP contribution in [0.25, 0.3) is 0 Å². The number of nitrogens with two attached hydrogens (primary N) is 1. The van der Waals surface area contributed by atoms with Crippen molar-refractivity contribution in [3.05, 3.63) is 0 Å². The van der Waals surface area contributed by atoms with E-state index in [0.717, 1.165) is 6.42 Å². The van der Waals surface area contributed by atoms with Crippen LogP contribution in [0, 0.1) is 17.8 Å². The van der Waals surface area contributed by atoms with Crippen molar-refractivity contribution in [3.8, 4) is 0 Å². The van der Waals surface area contributed by atoms with Crippen molar-refractivity contribution in [1.29, 1.82) is 0 Å². The topological polar surface area (TPSA) is 241 Å². The smallest absolute Gasteiger partial charge is 0.260 e.